The number of nitrogens with one attached hydrogen (secondary N) is 1. The number of rotatable bonds is 4. The number of H-pyrrole nitrogens is 1. The van der Waals surface area contributed by atoms with Gasteiger partial charge in [0.05, 0.1) is 4.88 Å². The quantitative estimate of drug-likeness (QED) is 0.742. The monoisotopic (exact) mass is 331 g/mol. The zero-order valence-corrected chi connectivity index (χ0v) is 13.2. The van der Waals surface area contributed by atoms with E-state index in [1.54, 1.807) is 23.1 Å². The Kier molecular flexibility index (Phi) is 3.74. The molecule has 1 atom stereocenters. The van der Waals surface area contributed by atoms with E-state index in [2.05, 4.69) is 15.2 Å². The van der Waals surface area contributed by atoms with Crippen LogP contribution in [0.15, 0.2) is 46.9 Å². The number of aromatic amines is 1. The van der Waals surface area contributed by atoms with Crippen molar-refractivity contribution in [1.82, 2.24) is 15.2 Å². The summed E-state index contributed by atoms with van der Waals surface area (Å²) in [5.74, 6) is 3.16. The number of fused-ring (bicyclic) bond motifs is 1. The first-order valence-corrected chi connectivity index (χ1v) is 8.72. The molecular weight excluding hydrogens is 318 g/mol. The topological polar surface area (TPSA) is 60.0 Å². The minimum atomic E-state index is 0.00332. The third-order valence-corrected chi connectivity index (χ3v) is 5.04. The molecule has 1 aliphatic heterocycles. The zero-order chi connectivity index (χ0) is 14.8. The van der Waals surface area contributed by atoms with Gasteiger partial charge in [-0.25, -0.2) is 4.98 Å². The maximum atomic E-state index is 5.92. The first-order valence-electron chi connectivity index (χ1n) is 6.86. The van der Waals surface area contributed by atoms with Crippen molar-refractivity contribution >= 4 is 23.1 Å². The molecule has 0 bridgehead atoms. The molecule has 0 spiro atoms. The van der Waals surface area contributed by atoms with Crippen molar-refractivity contribution in [2.45, 2.75) is 11.3 Å². The molecular formula is C15H13N3O2S2. The van der Waals surface area contributed by atoms with E-state index >= 15 is 0 Å². The summed E-state index contributed by atoms with van der Waals surface area (Å²) in [6.07, 6.45) is 0.00332. The highest BCUT2D eigenvalue weighted by atomic mass is 32.2. The smallest absolute Gasteiger partial charge is 0.208 e. The van der Waals surface area contributed by atoms with Crippen molar-refractivity contribution in [2.24, 2.45) is 0 Å². The predicted octanol–water partition coefficient (Wildman–Crippen LogP) is 3.47. The van der Waals surface area contributed by atoms with Crippen LogP contribution in [0.5, 0.6) is 11.5 Å². The Bertz CT molecular complexity index is 758. The number of ether oxygens (including phenoxy) is 2. The Morgan fingerprint density at radius 3 is 3.00 bits per heavy atom. The molecule has 0 saturated carbocycles. The van der Waals surface area contributed by atoms with Crippen molar-refractivity contribution in [2.75, 3.05) is 12.4 Å². The van der Waals surface area contributed by atoms with Gasteiger partial charge in [-0.05, 0) is 23.6 Å². The number of aromatic nitrogens is 3. The standard InChI is InChI=1S/C15H13N3O2S2/c1-2-5-12-11(4-1)19-8-10(20-12)9-22-15-16-14(17-18-15)13-6-3-7-21-13/h1-7,10H,8-9H2,(H,16,17,18)/t10-/m0/s1. The fraction of sp³-hybridized carbons (Fsp3) is 0.200. The van der Waals surface area contributed by atoms with Crippen LogP contribution < -0.4 is 9.47 Å². The molecule has 1 aromatic carbocycles. The van der Waals surface area contributed by atoms with E-state index < -0.39 is 0 Å². The average Bonchev–Trinajstić information content (AvgIpc) is 3.24. The summed E-state index contributed by atoms with van der Waals surface area (Å²) in [7, 11) is 0. The van der Waals surface area contributed by atoms with Crippen LogP contribution in [0.1, 0.15) is 0 Å². The average molecular weight is 331 g/mol. The van der Waals surface area contributed by atoms with Crippen LogP contribution in [-0.2, 0) is 0 Å². The van der Waals surface area contributed by atoms with Gasteiger partial charge in [-0.1, -0.05) is 30.0 Å². The van der Waals surface area contributed by atoms with E-state index in [-0.39, 0.29) is 6.10 Å². The van der Waals surface area contributed by atoms with Gasteiger partial charge in [-0.2, -0.15) is 0 Å². The number of thiophene rings is 1. The van der Waals surface area contributed by atoms with Gasteiger partial charge in [0.15, 0.2) is 17.3 Å². The van der Waals surface area contributed by atoms with Crippen LogP contribution in [0, 0.1) is 0 Å². The van der Waals surface area contributed by atoms with Crippen molar-refractivity contribution in [3.63, 3.8) is 0 Å². The minimum absolute atomic E-state index is 0.00332. The summed E-state index contributed by atoms with van der Waals surface area (Å²) in [5.41, 5.74) is 0. The van der Waals surface area contributed by atoms with Crippen LogP contribution in [0.3, 0.4) is 0 Å². The molecule has 112 valence electrons. The second kappa shape index (κ2) is 6.02. The van der Waals surface area contributed by atoms with Crippen molar-refractivity contribution in [1.29, 1.82) is 0 Å². The Morgan fingerprint density at radius 1 is 1.23 bits per heavy atom. The van der Waals surface area contributed by atoms with Crippen molar-refractivity contribution in [3.8, 4) is 22.2 Å². The lowest BCUT2D eigenvalue weighted by atomic mass is 10.3. The lowest BCUT2D eigenvalue weighted by Gasteiger charge is -2.25. The van der Waals surface area contributed by atoms with E-state index in [0.29, 0.717) is 6.61 Å². The normalized spacial score (nSPS) is 16.6. The second-order valence-electron chi connectivity index (χ2n) is 4.75. The highest BCUT2D eigenvalue weighted by Crippen LogP contribution is 2.32. The molecule has 0 aliphatic carbocycles. The first-order chi connectivity index (χ1) is 10.9. The van der Waals surface area contributed by atoms with Gasteiger partial charge in [0.1, 0.15) is 12.7 Å². The summed E-state index contributed by atoms with van der Waals surface area (Å²) < 4.78 is 11.6. The van der Waals surface area contributed by atoms with Crippen LogP contribution in [0.2, 0.25) is 0 Å². The van der Waals surface area contributed by atoms with E-state index in [1.807, 2.05) is 41.8 Å². The van der Waals surface area contributed by atoms with Crippen LogP contribution >= 0.6 is 23.1 Å². The molecule has 0 saturated heterocycles. The fourth-order valence-corrected chi connectivity index (χ4v) is 3.58. The minimum Gasteiger partial charge on any atom is -0.486 e. The predicted molar refractivity (Wildman–Crippen MR) is 86.8 cm³/mol. The first kappa shape index (κ1) is 13.7. The molecule has 0 fully saturated rings. The highest BCUT2D eigenvalue weighted by molar-refractivity contribution is 7.99. The molecule has 0 amide bonds. The number of nitrogens with zero attached hydrogens (tertiary/aromatic N) is 2. The van der Waals surface area contributed by atoms with Gasteiger partial charge in [-0.3, -0.25) is 5.10 Å². The highest BCUT2D eigenvalue weighted by Gasteiger charge is 2.21. The molecule has 22 heavy (non-hydrogen) atoms. The molecule has 1 N–H and O–H groups in total. The Hall–Kier alpha value is -1.99. The van der Waals surface area contributed by atoms with E-state index in [4.69, 9.17) is 9.47 Å². The zero-order valence-electron chi connectivity index (χ0n) is 11.6. The summed E-state index contributed by atoms with van der Waals surface area (Å²) in [6, 6.07) is 11.8. The summed E-state index contributed by atoms with van der Waals surface area (Å²) in [4.78, 5) is 5.58. The summed E-state index contributed by atoms with van der Waals surface area (Å²) >= 11 is 3.21. The van der Waals surface area contributed by atoms with Crippen LogP contribution in [0.25, 0.3) is 10.7 Å². The molecule has 4 rings (SSSR count). The number of para-hydroxylation sites is 2. The molecule has 1 aliphatic rings. The second-order valence-corrected chi connectivity index (χ2v) is 6.69. The number of hydrogen-bond donors (Lipinski definition) is 1. The molecule has 7 heteroatoms. The van der Waals surface area contributed by atoms with Gasteiger partial charge < -0.3 is 9.47 Å². The molecule has 3 heterocycles. The van der Waals surface area contributed by atoms with Gasteiger partial charge >= 0.3 is 0 Å². The van der Waals surface area contributed by atoms with Gasteiger partial charge in [0.2, 0.25) is 5.16 Å². The Morgan fingerprint density at radius 2 is 2.14 bits per heavy atom. The van der Waals surface area contributed by atoms with E-state index in [0.717, 1.165) is 33.1 Å². The Balaban J connectivity index is 1.38. The molecule has 2 aromatic heterocycles. The van der Waals surface area contributed by atoms with Gasteiger partial charge in [0, 0.05) is 5.75 Å². The SMILES string of the molecule is c1csc(-c2nc(SC[C@@H]3COc4ccccc4O3)n[nH]2)c1. The largest absolute Gasteiger partial charge is 0.486 e. The molecule has 3 aromatic rings. The van der Waals surface area contributed by atoms with E-state index in [9.17, 15) is 0 Å². The number of hydrogen-bond acceptors (Lipinski definition) is 6. The third-order valence-electron chi connectivity index (χ3n) is 3.19. The van der Waals surface area contributed by atoms with Crippen molar-refractivity contribution < 1.29 is 9.47 Å². The number of thioether (sulfide) groups is 1. The molecule has 0 radical (unpaired) electrons. The lowest BCUT2D eigenvalue weighted by molar-refractivity contribution is 0.107. The Labute approximate surface area is 135 Å². The van der Waals surface area contributed by atoms with Gasteiger partial charge in [0.25, 0.3) is 0 Å². The maximum absolute atomic E-state index is 5.92. The lowest BCUT2D eigenvalue weighted by Crippen LogP contribution is -2.31. The van der Waals surface area contributed by atoms with Crippen LogP contribution in [0.4, 0.5) is 0 Å². The summed E-state index contributed by atoms with van der Waals surface area (Å²) in [5, 5.41) is 9.96. The maximum Gasteiger partial charge on any atom is 0.208 e. The fourth-order valence-electron chi connectivity index (χ4n) is 2.15. The number of benzene rings is 1. The van der Waals surface area contributed by atoms with Gasteiger partial charge in [-0.15, -0.1) is 16.4 Å². The van der Waals surface area contributed by atoms with Crippen molar-refractivity contribution in [3.05, 3.63) is 41.8 Å². The van der Waals surface area contributed by atoms with Crippen LogP contribution in [-0.4, -0.2) is 33.6 Å². The molecule has 0 unspecified atom stereocenters. The molecule has 5 nitrogen and oxygen atoms in total. The third kappa shape index (κ3) is 2.82. The van der Waals surface area contributed by atoms with E-state index in [1.165, 1.54) is 0 Å². The summed E-state index contributed by atoms with van der Waals surface area (Å²) in [6.45, 7) is 0.548.